The number of likely N-dealkylation sites (N-methyl/N-ethyl adjacent to an activating group) is 1. The Balaban J connectivity index is 1.61. The molecule has 1 aliphatic heterocycles. The molecule has 8 heteroatoms. The number of sulfonamides is 1. The van der Waals surface area contributed by atoms with Crippen molar-refractivity contribution in [1.82, 2.24) is 9.21 Å². The first-order valence-electron chi connectivity index (χ1n) is 10.1. The van der Waals surface area contributed by atoms with Crippen LogP contribution in [0.25, 0.3) is 0 Å². The van der Waals surface area contributed by atoms with Crippen molar-refractivity contribution in [2.75, 3.05) is 25.5 Å². The summed E-state index contributed by atoms with van der Waals surface area (Å²) in [6.07, 6.45) is 2.82. The Morgan fingerprint density at radius 2 is 1.73 bits per heavy atom. The lowest BCUT2D eigenvalue weighted by molar-refractivity contribution is -0.120. The van der Waals surface area contributed by atoms with Crippen LogP contribution in [0.2, 0.25) is 0 Å². The molecule has 0 saturated carbocycles. The van der Waals surface area contributed by atoms with Gasteiger partial charge in [-0.15, -0.1) is 0 Å². The maximum absolute atomic E-state index is 13.9. The number of hydrogen-bond donors (Lipinski definition) is 1. The van der Waals surface area contributed by atoms with E-state index >= 15 is 0 Å². The van der Waals surface area contributed by atoms with Gasteiger partial charge in [-0.25, -0.2) is 12.8 Å². The molecule has 1 atom stereocenters. The molecule has 1 aliphatic rings. The summed E-state index contributed by atoms with van der Waals surface area (Å²) in [5, 5.41) is 2.80. The van der Waals surface area contributed by atoms with Gasteiger partial charge in [-0.05, 0) is 57.1 Å². The third-order valence-corrected chi connectivity index (χ3v) is 7.41. The van der Waals surface area contributed by atoms with Crippen LogP contribution < -0.4 is 5.32 Å². The van der Waals surface area contributed by atoms with Crippen LogP contribution in [0.3, 0.4) is 0 Å². The fourth-order valence-electron chi connectivity index (χ4n) is 3.44. The topological polar surface area (TPSA) is 69.7 Å². The van der Waals surface area contributed by atoms with Crippen molar-refractivity contribution in [3.05, 3.63) is 59.9 Å². The third-order valence-electron chi connectivity index (χ3n) is 5.49. The highest BCUT2D eigenvalue weighted by atomic mass is 32.2. The van der Waals surface area contributed by atoms with Crippen molar-refractivity contribution in [3.63, 3.8) is 0 Å². The van der Waals surface area contributed by atoms with Crippen LogP contribution in [0, 0.1) is 5.82 Å². The van der Waals surface area contributed by atoms with Crippen molar-refractivity contribution in [1.29, 1.82) is 0 Å². The normalized spacial score (nSPS) is 16.4. The Labute approximate surface area is 177 Å². The van der Waals surface area contributed by atoms with Gasteiger partial charge in [0, 0.05) is 30.9 Å². The zero-order chi connectivity index (χ0) is 21.7. The number of hydrogen-bond acceptors (Lipinski definition) is 4. The zero-order valence-electron chi connectivity index (χ0n) is 17.3. The van der Waals surface area contributed by atoms with Gasteiger partial charge < -0.3 is 5.32 Å². The van der Waals surface area contributed by atoms with Gasteiger partial charge in [0.15, 0.2) is 0 Å². The molecule has 1 heterocycles. The van der Waals surface area contributed by atoms with E-state index in [1.807, 2.05) is 0 Å². The summed E-state index contributed by atoms with van der Waals surface area (Å²) < 4.78 is 40.8. The third kappa shape index (κ3) is 5.24. The van der Waals surface area contributed by atoms with E-state index < -0.39 is 16.1 Å². The Bertz CT molecular complexity index is 973. The lowest BCUT2D eigenvalue weighted by Gasteiger charge is -2.26. The van der Waals surface area contributed by atoms with E-state index in [9.17, 15) is 17.6 Å². The quantitative estimate of drug-likeness (QED) is 0.726. The molecule has 1 amide bonds. The largest absolute Gasteiger partial charge is 0.325 e. The molecule has 0 radical (unpaired) electrons. The van der Waals surface area contributed by atoms with E-state index in [-0.39, 0.29) is 16.6 Å². The summed E-state index contributed by atoms with van der Waals surface area (Å²) in [4.78, 5) is 14.6. The molecule has 6 nitrogen and oxygen atoms in total. The highest BCUT2D eigenvalue weighted by Gasteiger charge is 2.26. The van der Waals surface area contributed by atoms with E-state index in [1.165, 1.54) is 22.5 Å². The maximum atomic E-state index is 13.9. The minimum atomic E-state index is -3.50. The van der Waals surface area contributed by atoms with Crippen molar-refractivity contribution >= 4 is 21.6 Å². The van der Waals surface area contributed by atoms with Gasteiger partial charge in [0.1, 0.15) is 5.82 Å². The Morgan fingerprint density at radius 1 is 1.10 bits per heavy atom. The van der Waals surface area contributed by atoms with Gasteiger partial charge in [0.05, 0.1) is 10.9 Å². The lowest BCUT2D eigenvalue weighted by atomic mass is 10.1. The second kappa shape index (κ2) is 9.68. The van der Waals surface area contributed by atoms with Crippen LogP contribution >= 0.6 is 0 Å². The molecule has 0 aromatic heterocycles. The van der Waals surface area contributed by atoms with Crippen molar-refractivity contribution in [2.45, 2.75) is 43.7 Å². The minimum absolute atomic E-state index is 0.229. The summed E-state index contributed by atoms with van der Waals surface area (Å²) in [5.41, 5.74) is 1.04. The second-order valence-electron chi connectivity index (χ2n) is 7.66. The van der Waals surface area contributed by atoms with E-state index in [4.69, 9.17) is 0 Å². The predicted molar refractivity (Wildman–Crippen MR) is 115 cm³/mol. The summed E-state index contributed by atoms with van der Waals surface area (Å²) in [5.74, 6) is -0.553. The monoisotopic (exact) mass is 433 g/mol. The average molecular weight is 434 g/mol. The van der Waals surface area contributed by atoms with Gasteiger partial charge in [0.25, 0.3) is 0 Å². The fraction of sp³-hybridized carbons (Fsp3) is 0.409. The first kappa shape index (κ1) is 22.4. The van der Waals surface area contributed by atoms with E-state index in [0.717, 1.165) is 19.3 Å². The maximum Gasteiger partial charge on any atom is 0.243 e. The van der Waals surface area contributed by atoms with Gasteiger partial charge in [-0.3, -0.25) is 9.69 Å². The highest BCUT2D eigenvalue weighted by Crippen LogP contribution is 2.22. The van der Waals surface area contributed by atoms with Crippen molar-refractivity contribution < 1.29 is 17.6 Å². The summed E-state index contributed by atoms with van der Waals surface area (Å²) >= 11 is 0. The molecular formula is C22H28FN3O3S. The van der Waals surface area contributed by atoms with Gasteiger partial charge in [0.2, 0.25) is 15.9 Å². The summed E-state index contributed by atoms with van der Waals surface area (Å²) in [6.45, 7) is 3.14. The predicted octanol–water partition coefficient (Wildman–Crippen LogP) is 3.46. The standard InChI is InChI=1S/C22H28FN3O3S/c1-17(25(2)16-18-8-4-5-9-21(18)23)22(27)24-19-10-12-20(13-11-19)30(28,29)26-14-6-3-7-15-26/h4-5,8-13,17H,3,6-7,14-16H2,1-2H3,(H,24,27). The number of amides is 1. The molecule has 1 unspecified atom stereocenters. The van der Waals surface area contributed by atoms with Crippen LogP contribution in [0.1, 0.15) is 31.7 Å². The summed E-state index contributed by atoms with van der Waals surface area (Å²) in [6, 6.07) is 12.2. The molecule has 0 bridgehead atoms. The number of nitrogens with zero attached hydrogens (tertiary/aromatic N) is 2. The van der Waals surface area contributed by atoms with Crippen molar-refractivity contribution in [2.24, 2.45) is 0 Å². The van der Waals surface area contributed by atoms with Gasteiger partial charge in [-0.2, -0.15) is 4.31 Å². The van der Waals surface area contributed by atoms with Crippen LogP contribution in [0.4, 0.5) is 10.1 Å². The molecule has 3 rings (SSSR count). The zero-order valence-corrected chi connectivity index (χ0v) is 18.2. The smallest absolute Gasteiger partial charge is 0.243 e. The van der Waals surface area contributed by atoms with Crippen LogP contribution in [0.5, 0.6) is 0 Å². The molecule has 1 saturated heterocycles. The van der Waals surface area contributed by atoms with Crippen LogP contribution in [0.15, 0.2) is 53.4 Å². The number of rotatable bonds is 7. The fourth-order valence-corrected chi connectivity index (χ4v) is 4.96. The Kier molecular flexibility index (Phi) is 7.23. The minimum Gasteiger partial charge on any atom is -0.325 e. The molecular weight excluding hydrogens is 405 g/mol. The van der Waals surface area contributed by atoms with Gasteiger partial charge in [-0.1, -0.05) is 24.6 Å². The molecule has 162 valence electrons. The SMILES string of the molecule is CC(C(=O)Nc1ccc(S(=O)(=O)N2CCCCC2)cc1)N(C)Cc1ccccc1F. The molecule has 30 heavy (non-hydrogen) atoms. The Hall–Kier alpha value is -2.29. The van der Waals surface area contributed by atoms with Crippen molar-refractivity contribution in [3.8, 4) is 0 Å². The van der Waals surface area contributed by atoms with E-state index in [0.29, 0.717) is 30.9 Å². The number of carbonyl (C=O) groups excluding carboxylic acids is 1. The molecule has 2 aromatic carbocycles. The van der Waals surface area contributed by atoms with Crippen LogP contribution in [-0.4, -0.2) is 49.7 Å². The molecule has 1 fully saturated rings. The Morgan fingerprint density at radius 3 is 2.37 bits per heavy atom. The second-order valence-corrected chi connectivity index (χ2v) is 9.60. The molecule has 0 spiro atoms. The number of halogens is 1. The van der Waals surface area contributed by atoms with Crippen LogP contribution in [-0.2, 0) is 21.4 Å². The molecule has 0 aliphatic carbocycles. The first-order chi connectivity index (χ1) is 14.3. The van der Waals surface area contributed by atoms with E-state index in [2.05, 4.69) is 5.32 Å². The molecule has 2 aromatic rings. The number of carbonyl (C=O) groups is 1. The number of piperidine rings is 1. The van der Waals surface area contributed by atoms with E-state index in [1.54, 1.807) is 49.2 Å². The highest BCUT2D eigenvalue weighted by molar-refractivity contribution is 7.89. The average Bonchev–Trinajstić information content (AvgIpc) is 2.75. The lowest BCUT2D eigenvalue weighted by Crippen LogP contribution is -2.39. The summed E-state index contributed by atoms with van der Waals surface area (Å²) in [7, 11) is -1.74. The number of benzene rings is 2. The molecule has 1 N–H and O–H groups in total. The number of nitrogens with one attached hydrogen (secondary N) is 1. The first-order valence-corrected chi connectivity index (χ1v) is 11.6. The van der Waals surface area contributed by atoms with Gasteiger partial charge >= 0.3 is 0 Å². The number of anilines is 1.